The van der Waals surface area contributed by atoms with Gasteiger partial charge in [-0.25, -0.2) is 9.36 Å². The first-order chi connectivity index (χ1) is 14.1. The molecule has 2 rings (SSSR count). The molecule has 160 valence electrons. The number of aromatic nitrogens is 2. The summed E-state index contributed by atoms with van der Waals surface area (Å²) in [6.45, 7) is -0.515. The number of amides is 2. The number of methoxy groups -OCH3 is 1. The van der Waals surface area contributed by atoms with E-state index in [1.165, 1.54) is 17.9 Å². The summed E-state index contributed by atoms with van der Waals surface area (Å²) in [5.74, 6) is -3.78. The lowest BCUT2D eigenvalue weighted by molar-refractivity contribution is -0.142. The van der Waals surface area contributed by atoms with Crippen molar-refractivity contribution in [1.82, 2.24) is 14.5 Å². The van der Waals surface area contributed by atoms with Gasteiger partial charge in [-0.05, 0) is 40.8 Å². The quantitative estimate of drug-likeness (QED) is 0.374. The summed E-state index contributed by atoms with van der Waals surface area (Å²) in [6.07, 6.45) is 0.186. The molecular weight excluding hydrogens is 511 g/mol. The maximum atomic E-state index is 12.9. The summed E-state index contributed by atoms with van der Waals surface area (Å²) in [5.41, 5.74) is 4.03. The molecule has 1 aromatic heterocycles. The third-order valence-corrected chi connectivity index (χ3v) is 4.79. The fraction of sp³-hybridized carbons (Fsp3) is 0.278. The van der Waals surface area contributed by atoms with Crippen molar-refractivity contribution in [2.24, 2.45) is 11.7 Å². The molecular formula is C18H19IN4O7. The van der Waals surface area contributed by atoms with Crippen LogP contribution in [0.4, 0.5) is 0 Å². The highest BCUT2D eigenvalue weighted by molar-refractivity contribution is 14.1. The Balaban J connectivity index is 2.34. The monoisotopic (exact) mass is 530 g/mol. The van der Waals surface area contributed by atoms with E-state index in [9.17, 15) is 24.0 Å². The Morgan fingerprint density at radius 2 is 1.93 bits per heavy atom. The lowest BCUT2D eigenvalue weighted by Crippen LogP contribution is -2.44. The number of rotatable bonds is 9. The molecule has 0 saturated carbocycles. The fourth-order valence-electron chi connectivity index (χ4n) is 2.71. The van der Waals surface area contributed by atoms with E-state index in [-0.39, 0.29) is 0 Å². The zero-order valence-corrected chi connectivity index (χ0v) is 18.0. The van der Waals surface area contributed by atoms with Crippen molar-refractivity contribution in [1.29, 1.82) is 0 Å². The molecule has 0 radical (unpaired) electrons. The average Bonchev–Trinajstić information content (AvgIpc) is 2.66. The van der Waals surface area contributed by atoms with E-state index < -0.39 is 54.5 Å². The van der Waals surface area contributed by atoms with Crippen molar-refractivity contribution in [3.63, 3.8) is 0 Å². The Morgan fingerprint density at radius 3 is 2.53 bits per heavy atom. The van der Waals surface area contributed by atoms with E-state index in [0.29, 0.717) is 11.4 Å². The number of nitrogens with zero attached hydrogens (tertiary/aromatic N) is 2. The van der Waals surface area contributed by atoms with Crippen LogP contribution in [0.2, 0.25) is 0 Å². The predicted octanol–water partition coefficient (Wildman–Crippen LogP) is -0.348. The molecule has 0 bridgehead atoms. The fourth-order valence-corrected chi connectivity index (χ4v) is 3.18. The summed E-state index contributed by atoms with van der Waals surface area (Å²) < 4.78 is 8.04. The van der Waals surface area contributed by atoms with Crippen LogP contribution in [0.5, 0.6) is 5.75 Å². The molecule has 11 nitrogen and oxygen atoms in total. The number of aliphatic carboxylic acids is 1. The largest absolute Gasteiger partial charge is 0.495 e. The molecule has 1 aromatic carbocycles. The van der Waals surface area contributed by atoms with Gasteiger partial charge in [0.05, 0.1) is 25.1 Å². The minimum atomic E-state index is -1.29. The molecule has 0 aliphatic heterocycles. The van der Waals surface area contributed by atoms with Gasteiger partial charge in [-0.1, -0.05) is 0 Å². The van der Waals surface area contributed by atoms with Crippen molar-refractivity contribution in [2.75, 3.05) is 7.11 Å². The van der Waals surface area contributed by atoms with Crippen LogP contribution in [0.25, 0.3) is 5.69 Å². The second-order valence-corrected chi connectivity index (χ2v) is 7.46. The Bertz CT molecular complexity index is 1080. The van der Waals surface area contributed by atoms with Gasteiger partial charge in [-0.2, -0.15) is 0 Å². The third-order valence-electron chi connectivity index (χ3n) is 4.12. The summed E-state index contributed by atoms with van der Waals surface area (Å²) >= 11 is 2.06. The van der Waals surface area contributed by atoms with Crippen molar-refractivity contribution in [3.05, 3.63) is 54.9 Å². The van der Waals surface area contributed by atoms with Gasteiger partial charge in [-0.3, -0.25) is 23.7 Å². The predicted molar refractivity (Wildman–Crippen MR) is 113 cm³/mol. The van der Waals surface area contributed by atoms with E-state index in [1.54, 1.807) is 18.2 Å². The van der Waals surface area contributed by atoms with E-state index in [4.69, 9.17) is 15.6 Å². The zero-order valence-electron chi connectivity index (χ0n) is 15.8. The number of benzene rings is 1. The highest BCUT2D eigenvalue weighted by Gasteiger charge is 2.24. The van der Waals surface area contributed by atoms with E-state index in [1.807, 2.05) is 0 Å². The van der Waals surface area contributed by atoms with E-state index in [2.05, 4.69) is 27.9 Å². The number of halogens is 1. The van der Waals surface area contributed by atoms with E-state index >= 15 is 0 Å². The van der Waals surface area contributed by atoms with Gasteiger partial charge >= 0.3 is 11.7 Å². The number of hydrogen-bond acceptors (Lipinski definition) is 6. The Labute approximate surface area is 183 Å². The summed E-state index contributed by atoms with van der Waals surface area (Å²) in [5, 5.41) is 11.2. The number of carboxylic acid groups (broad SMARTS) is 1. The van der Waals surface area contributed by atoms with Crippen LogP contribution in [0.15, 0.2) is 40.1 Å². The maximum absolute atomic E-state index is 12.9. The van der Waals surface area contributed by atoms with Gasteiger partial charge in [0.15, 0.2) is 0 Å². The summed E-state index contributed by atoms with van der Waals surface area (Å²) in [4.78, 5) is 59.3. The van der Waals surface area contributed by atoms with Gasteiger partial charge in [0, 0.05) is 22.3 Å². The lowest BCUT2D eigenvalue weighted by atomic mass is 10.0. The number of carbonyl (C=O) groups excluding carboxylic acids is 2. The summed E-state index contributed by atoms with van der Waals surface area (Å²) in [7, 11) is 1.44. The second-order valence-electron chi connectivity index (χ2n) is 6.22. The summed E-state index contributed by atoms with van der Waals surface area (Å²) in [6, 6.07) is 6.28. The first kappa shape index (κ1) is 23.1. The van der Waals surface area contributed by atoms with Gasteiger partial charge in [-0.15, -0.1) is 0 Å². The zero-order chi connectivity index (χ0) is 22.4. The molecule has 0 unspecified atom stereocenters. The highest BCUT2D eigenvalue weighted by Crippen LogP contribution is 2.23. The normalized spacial score (nSPS) is 11.5. The van der Waals surface area contributed by atoms with E-state index in [0.717, 1.165) is 14.2 Å². The number of nitrogens with two attached hydrogens (primary N) is 1. The van der Waals surface area contributed by atoms with Crippen molar-refractivity contribution in [3.8, 4) is 11.4 Å². The number of nitrogens with one attached hydrogen (secondary N) is 1. The number of carboxylic acids is 1. The molecule has 0 saturated heterocycles. The Morgan fingerprint density at radius 1 is 1.23 bits per heavy atom. The van der Waals surface area contributed by atoms with Gasteiger partial charge < -0.3 is 20.9 Å². The van der Waals surface area contributed by atoms with Crippen LogP contribution >= 0.6 is 22.6 Å². The van der Waals surface area contributed by atoms with Crippen molar-refractivity contribution < 1.29 is 24.2 Å². The Kier molecular flexibility index (Phi) is 7.74. The number of ether oxygens (including phenoxy) is 1. The van der Waals surface area contributed by atoms with Gasteiger partial charge in [0.25, 0.3) is 5.56 Å². The molecule has 1 heterocycles. The molecule has 4 N–H and O–H groups in total. The minimum Gasteiger partial charge on any atom is -0.495 e. The molecule has 2 aromatic rings. The number of hydrogen-bond donors (Lipinski definition) is 3. The van der Waals surface area contributed by atoms with Crippen LogP contribution < -0.4 is 27.0 Å². The first-order valence-electron chi connectivity index (χ1n) is 8.58. The molecule has 30 heavy (non-hydrogen) atoms. The number of carbonyl (C=O) groups is 3. The van der Waals surface area contributed by atoms with Gasteiger partial charge in [0.1, 0.15) is 12.4 Å². The van der Waals surface area contributed by atoms with Crippen LogP contribution in [0.1, 0.15) is 12.8 Å². The second kappa shape index (κ2) is 10.0. The molecule has 2 amide bonds. The SMILES string of the molecule is COc1ccc(I)cc1-n1ccc(=O)n(CNC(=O)[C@@H](CC(N)=O)CC(=O)O)c1=O. The Hall–Kier alpha value is -3.16. The van der Waals surface area contributed by atoms with Crippen LogP contribution in [-0.2, 0) is 21.1 Å². The molecule has 0 aliphatic carbocycles. The van der Waals surface area contributed by atoms with Crippen LogP contribution in [-0.4, -0.2) is 39.1 Å². The van der Waals surface area contributed by atoms with Crippen molar-refractivity contribution in [2.45, 2.75) is 19.5 Å². The molecule has 0 aliphatic rings. The molecule has 1 atom stereocenters. The standard InChI is InChI=1S/C18H19IN4O7/c1-30-13-3-2-11(19)8-12(13)22-5-4-15(25)23(18(22)29)9-21-17(28)10(6-14(20)24)7-16(26)27/h2-5,8,10H,6-7,9H2,1H3,(H2,20,24)(H,21,28)(H,26,27)/t10-/m0/s1. The first-order valence-corrected chi connectivity index (χ1v) is 9.66. The molecule has 12 heteroatoms. The van der Waals surface area contributed by atoms with Crippen LogP contribution in [0, 0.1) is 9.49 Å². The third kappa shape index (κ3) is 5.68. The molecule has 0 spiro atoms. The topological polar surface area (TPSA) is 163 Å². The van der Waals surface area contributed by atoms with Gasteiger partial charge in [0.2, 0.25) is 11.8 Å². The average molecular weight is 530 g/mol. The minimum absolute atomic E-state index is 0.395. The molecule has 0 fully saturated rings. The smallest absolute Gasteiger partial charge is 0.337 e. The highest BCUT2D eigenvalue weighted by atomic mass is 127. The van der Waals surface area contributed by atoms with Crippen molar-refractivity contribution >= 4 is 40.4 Å². The van der Waals surface area contributed by atoms with Crippen LogP contribution in [0.3, 0.4) is 0 Å². The lowest BCUT2D eigenvalue weighted by Gasteiger charge is -2.16. The maximum Gasteiger partial charge on any atom is 0.337 e. The number of primary amides is 1.